The minimum absolute atomic E-state index is 0.00124. The number of carbonyl (C=O) groups excluding carboxylic acids is 1. The third-order valence-electron chi connectivity index (χ3n) is 8.83. The second-order valence-corrected chi connectivity index (χ2v) is 11.0. The zero-order valence-electron chi connectivity index (χ0n) is 17.4. The first-order valence-electron chi connectivity index (χ1n) is 11.5. The molecule has 8 atom stereocenters. The van der Waals surface area contributed by atoms with Gasteiger partial charge < -0.3 is 10.6 Å². The van der Waals surface area contributed by atoms with Crippen LogP contribution in [0.2, 0.25) is 0 Å². The van der Waals surface area contributed by atoms with E-state index in [0.717, 1.165) is 38.6 Å². The van der Waals surface area contributed by atoms with Gasteiger partial charge in [0.2, 0.25) is 5.91 Å². The summed E-state index contributed by atoms with van der Waals surface area (Å²) < 4.78 is 28.9. The second-order valence-electron chi connectivity index (χ2n) is 11.0. The highest BCUT2D eigenvalue weighted by Gasteiger charge is 2.67. The molecule has 6 rings (SSSR count). The van der Waals surface area contributed by atoms with Crippen molar-refractivity contribution in [1.82, 2.24) is 10.6 Å². The monoisotopic (exact) mass is 404 g/mol. The van der Waals surface area contributed by atoms with Crippen LogP contribution in [0.5, 0.6) is 0 Å². The summed E-state index contributed by atoms with van der Waals surface area (Å²) in [5.74, 6) is 1.18. The number of hydrogen-bond acceptors (Lipinski definition) is 2. The first-order chi connectivity index (χ1) is 13.9. The van der Waals surface area contributed by atoms with Crippen molar-refractivity contribution in [2.24, 2.45) is 34.0 Å². The molecule has 29 heavy (non-hydrogen) atoms. The molecule has 5 aliphatic carbocycles. The van der Waals surface area contributed by atoms with Gasteiger partial charge in [0.1, 0.15) is 6.17 Å². The summed E-state index contributed by atoms with van der Waals surface area (Å²) in [5, 5.41) is 6.14. The number of halogens is 2. The molecular weight excluding hydrogens is 370 g/mol. The molecule has 160 valence electrons. The van der Waals surface area contributed by atoms with Crippen LogP contribution >= 0.6 is 0 Å². The molecule has 2 N–H and O–H groups in total. The van der Waals surface area contributed by atoms with Gasteiger partial charge in [-0.15, -0.1) is 0 Å². The van der Waals surface area contributed by atoms with E-state index in [-0.39, 0.29) is 23.4 Å². The summed E-state index contributed by atoms with van der Waals surface area (Å²) in [6.45, 7) is 2.95. The summed E-state index contributed by atoms with van der Waals surface area (Å²) in [4.78, 5) is 13.6. The van der Waals surface area contributed by atoms with E-state index in [1.807, 2.05) is 0 Å². The van der Waals surface area contributed by atoms with Gasteiger partial charge in [0, 0.05) is 12.0 Å². The van der Waals surface area contributed by atoms with Gasteiger partial charge in [-0.1, -0.05) is 31.2 Å². The fourth-order valence-electron chi connectivity index (χ4n) is 8.27. The number of amides is 1. The Morgan fingerprint density at radius 3 is 2.76 bits per heavy atom. The van der Waals surface area contributed by atoms with Crippen molar-refractivity contribution < 1.29 is 13.6 Å². The van der Waals surface area contributed by atoms with E-state index in [1.165, 1.54) is 0 Å². The number of hydrogen-bond donors (Lipinski definition) is 2. The van der Waals surface area contributed by atoms with Crippen LogP contribution in [0.25, 0.3) is 0 Å². The Kier molecular flexibility index (Phi) is 4.69. The third kappa shape index (κ3) is 3.10. The van der Waals surface area contributed by atoms with Crippen LogP contribution in [0, 0.1) is 34.0 Å². The number of carbonyl (C=O) groups is 1. The van der Waals surface area contributed by atoms with Crippen molar-refractivity contribution in [2.45, 2.75) is 64.1 Å². The maximum Gasteiger partial charge on any atom is 0.226 e. The Balaban J connectivity index is 1.46. The highest BCUT2D eigenvalue weighted by molar-refractivity contribution is 5.84. The van der Waals surface area contributed by atoms with Crippen LogP contribution < -0.4 is 10.6 Å². The first kappa shape index (κ1) is 19.7. The molecule has 6 aliphatic rings. The molecule has 0 aromatic heterocycles. The maximum atomic E-state index is 14.5. The fourth-order valence-corrected chi connectivity index (χ4v) is 8.27. The largest absolute Gasteiger partial charge is 0.350 e. The van der Waals surface area contributed by atoms with E-state index in [0.29, 0.717) is 37.1 Å². The van der Waals surface area contributed by atoms with Crippen molar-refractivity contribution in [3.63, 3.8) is 0 Å². The lowest BCUT2D eigenvalue weighted by molar-refractivity contribution is -0.192. The molecule has 0 aromatic carbocycles. The van der Waals surface area contributed by atoms with Crippen molar-refractivity contribution in [3.05, 3.63) is 24.3 Å². The van der Waals surface area contributed by atoms with Crippen molar-refractivity contribution >= 4 is 5.91 Å². The van der Waals surface area contributed by atoms with E-state index < -0.39 is 17.6 Å². The van der Waals surface area contributed by atoms with Crippen LogP contribution in [0.1, 0.15) is 51.9 Å². The summed E-state index contributed by atoms with van der Waals surface area (Å²) in [6.07, 6.45) is 13.6. The zero-order valence-corrected chi connectivity index (χ0v) is 17.4. The molecule has 0 aromatic rings. The molecule has 5 heteroatoms. The molecule has 1 saturated heterocycles. The van der Waals surface area contributed by atoms with E-state index in [4.69, 9.17) is 0 Å². The average Bonchev–Trinajstić information content (AvgIpc) is 2.69. The van der Waals surface area contributed by atoms with E-state index >= 15 is 0 Å². The van der Waals surface area contributed by atoms with E-state index in [9.17, 15) is 13.6 Å². The minimum atomic E-state index is -1.04. The second kappa shape index (κ2) is 6.90. The molecule has 0 spiro atoms. The topological polar surface area (TPSA) is 41.1 Å². The van der Waals surface area contributed by atoms with Gasteiger partial charge in [0.25, 0.3) is 0 Å². The zero-order chi connectivity index (χ0) is 20.3. The van der Waals surface area contributed by atoms with Gasteiger partial charge >= 0.3 is 0 Å². The molecule has 1 amide bonds. The normalized spacial score (nSPS) is 50.7. The highest BCUT2D eigenvalue weighted by atomic mass is 19.1. The maximum absolute atomic E-state index is 14.5. The van der Waals surface area contributed by atoms with Crippen LogP contribution in [0.15, 0.2) is 24.3 Å². The predicted molar refractivity (Wildman–Crippen MR) is 110 cm³/mol. The lowest BCUT2D eigenvalue weighted by Crippen LogP contribution is -2.65. The molecule has 5 fully saturated rings. The average molecular weight is 405 g/mol. The Morgan fingerprint density at radius 1 is 1.17 bits per heavy atom. The smallest absolute Gasteiger partial charge is 0.226 e. The first-order valence-corrected chi connectivity index (χ1v) is 11.5. The van der Waals surface area contributed by atoms with Gasteiger partial charge in [-0.2, -0.15) is 0 Å². The lowest BCUT2D eigenvalue weighted by atomic mass is 9.36. The Morgan fingerprint density at radius 2 is 2.00 bits per heavy atom. The quantitative estimate of drug-likeness (QED) is 0.740. The Hall–Kier alpha value is -1.23. The predicted octanol–water partition coefficient (Wildman–Crippen LogP) is 4.11. The fraction of sp³-hybridized carbons (Fsp3) is 0.792. The van der Waals surface area contributed by atoms with Crippen LogP contribution in [0.4, 0.5) is 8.78 Å². The van der Waals surface area contributed by atoms with Gasteiger partial charge in [-0.3, -0.25) is 9.18 Å². The molecule has 0 radical (unpaired) electrons. The van der Waals surface area contributed by atoms with Crippen molar-refractivity contribution in [2.75, 3.05) is 19.8 Å². The third-order valence-corrected chi connectivity index (χ3v) is 8.83. The highest BCUT2D eigenvalue weighted by Crippen LogP contribution is 2.72. The van der Waals surface area contributed by atoms with Gasteiger partial charge in [-0.25, -0.2) is 4.39 Å². The van der Waals surface area contributed by atoms with Gasteiger partial charge in [-0.05, 0) is 74.7 Å². The van der Waals surface area contributed by atoms with E-state index in [1.54, 1.807) is 0 Å². The molecule has 4 saturated carbocycles. The van der Waals surface area contributed by atoms with Crippen LogP contribution in [0.3, 0.4) is 0 Å². The summed E-state index contributed by atoms with van der Waals surface area (Å²) in [5.41, 5.74) is -0.897. The van der Waals surface area contributed by atoms with Crippen LogP contribution in [-0.4, -0.2) is 37.9 Å². The number of piperidine rings is 1. The molecule has 1 heterocycles. The van der Waals surface area contributed by atoms with Gasteiger partial charge in [0.05, 0.1) is 18.1 Å². The molecular formula is C24H34F2N2O. The SMILES string of the molecule is CC1C=CC=CC1[C@]12CC3CC(C(=O)N[C@@H]4CCNC[C@H]4F)(C[C@](CF)(C3)C1)C2. The number of nitrogens with one attached hydrogen (secondary N) is 2. The number of alkyl halides is 2. The Bertz CT molecular complexity index is 738. The molecule has 4 bridgehead atoms. The molecule has 3 nitrogen and oxygen atoms in total. The summed E-state index contributed by atoms with van der Waals surface area (Å²) in [6, 6.07) is -0.412. The molecule has 4 unspecified atom stereocenters. The molecule has 1 aliphatic heterocycles. The van der Waals surface area contributed by atoms with Crippen LogP contribution in [-0.2, 0) is 4.79 Å². The number of allylic oxidation sites excluding steroid dienone is 4. The van der Waals surface area contributed by atoms with Crippen molar-refractivity contribution in [1.29, 1.82) is 0 Å². The van der Waals surface area contributed by atoms with Gasteiger partial charge in [0.15, 0.2) is 0 Å². The number of rotatable bonds is 4. The summed E-state index contributed by atoms with van der Waals surface area (Å²) in [7, 11) is 0. The summed E-state index contributed by atoms with van der Waals surface area (Å²) >= 11 is 0. The minimum Gasteiger partial charge on any atom is -0.350 e. The Labute approximate surface area is 172 Å². The lowest BCUT2D eigenvalue weighted by Gasteiger charge is -2.67. The standard InChI is InChI=1S/C24H34F2N2O/c1-16-4-2-3-5-18(16)23-9-17-8-22(12-23,15-25)13-24(10-17,14-23)21(29)28-20-6-7-27-11-19(20)26/h2-5,16-20,27H,6-15H2,1H3,(H,28,29)/t16?,17?,18?,19-,20-,22+,23-,24?/m1/s1. The van der Waals surface area contributed by atoms with E-state index in [2.05, 4.69) is 41.9 Å². The van der Waals surface area contributed by atoms with Crippen molar-refractivity contribution in [3.8, 4) is 0 Å².